The topological polar surface area (TPSA) is 45.7 Å². The van der Waals surface area contributed by atoms with Crippen LogP contribution in [0.5, 0.6) is 0 Å². The SMILES string of the molecule is CN1C(=O)/C(=C\c2cc3ccccc3nc2N2CCOCC2)SC1=S. The number of carbonyl (C=O) groups is 1. The number of hydrogen-bond donors (Lipinski definition) is 0. The maximum absolute atomic E-state index is 12.4. The van der Waals surface area contributed by atoms with Gasteiger partial charge in [-0.25, -0.2) is 4.98 Å². The molecule has 7 heteroatoms. The molecule has 0 aliphatic carbocycles. The maximum atomic E-state index is 12.4. The van der Waals surface area contributed by atoms with E-state index >= 15 is 0 Å². The van der Waals surface area contributed by atoms with Gasteiger partial charge in [0, 0.05) is 31.1 Å². The molecule has 4 rings (SSSR count). The maximum Gasteiger partial charge on any atom is 0.265 e. The van der Waals surface area contributed by atoms with Crippen molar-refractivity contribution in [2.24, 2.45) is 0 Å². The van der Waals surface area contributed by atoms with Crippen LogP contribution >= 0.6 is 24.0 Å². The van der Waals surface area contributed by atoms with E-state index in [9.17, 15) is 4.79 Å². The van der Waals surface area contributed by atoms with E-state index in [1.807, 2.05) is 30.3 Å². The predicted molar refractivity (Wildman–Crippen MR) is 106 cm³/mol. The van der Waals surface area contributed by atoms with Crippen molar-refractivity contribution in [2.75, 3.05) is 38.3 Å². The first-order valence-corrected chi connectivity index (χ1v) is 9.30. The highest BCUT2D eigenvalue weighted by molar-refractivity contribution is 8.26. The van der Waals surface area contributed by atoms with E-state index in [1.165, 1.54) is 16.7 Å². The van der Waals surface area contributed by atoms with Gasteiger partial charge in [0.05, 0.1) is 23.6 Å². The number of pyridine rings is 1. The van der Waals surface area contributed by atoms with Crippen molar-refractivity contribution in [2.45, 2.75) is 0 Å². The van der Waals surface area contributed by atoms with Gasteiger partial charge in [0.15, 0.2) is 0 Å². The molecule has 3 heterocycles. The molecule has 0 radical (unpaired) electrons. The third kappa shape index (κ3) is 3.15. The van der Waals surface area contributed by atoms with Crippen LogP contribution in [0.1, 0.15) is 5.56 Å². The van der Waals surface area contributed by atoms with Crippen molar-refractivity contribution in [3.63, 3.8) is 0 Å². The molecule has 0 spiro atoms. The number of amides is 1. The number of ether oxygens (including phenoxy) is 1. The van der Waals surface area contributed by atoms with Crippen LogP contribution in [-0.4, -0.2) is 53.5 Å². The largest absolute Gasteiger partial charge is 0.378 e. The van der Waals surface area contributed by atoms with E-state index in [-0.39, 0.29) is 5.91 Å². The summed E-state index contributed by atoms with van der Waals surface area (Å²) in [6.45, 7) is 2.96. The van der Waals surface area contributed by atoms with E-state index in [0.717, 1.165) is 35.4 Å². The lowest BCUT2D eigenvalue weighted by Gasteiger charge is -2.29. The van der Waals surface area contributed by atoms with Gasteiger partial charge in [-0.3, -0.25) is 9.69 Å². The minimum absolute atomic E-state index is 0.0592. The molecule has 0 atom stereocenters. The quantitative estimate of drug-likeness (QED) is 0.598. The molecule has 2 aliphatic heterocycles. The van der Waals surface area contributed by atoms with Gasteiger partial charge >= 0.3 is 0 Å². The third-order valence-corrected chi connectivity index (χ3v) is 5.80. The number of rotatable bonds is 2. The predicted octanol–water partition coefficient (Wildman–Crippen LogP) is 2.90. The van der Waals surface area contributed by atoms with Crippen molar-refractivity contribution in [1.29, 1.82) is 0 Å². The smallest absolute Gasteiger partial charge is 0.265 e. The summed E-state index contributed by atoms with van der Waals surface area (Å²) in [6.07, 6.45) is 1.91. The number of likely N-dealkylation sites (N-methyl/N-ethyl adjacent to an activating group) is 1. The number of morpholine rings is 1. The summed E-state index contributed by atoms with van der Waals surface area (Å²) in [5.74, 6) is 0.833. The lowest BCUT2D eigenvalue weighted by atomic mass is 10.1. The minimum Gasteiger partial charge on any atom is -0.378 e. The van der Waals surface area contributed by atoms with Crippen LogP contribution in [0.4, 0.5) is 5.82 Å². The second-order valence-electron chi connectivity index (χ2n) is 5.93. The van der Waals surface area contributed by atoms with Gasteiger partial charge in [-0.1, -0.05) is 42.2 Å². The zero-order valence-electron chi connectivity index (χ0n) is 13.8. The summed E-state index contributed by atoms with van der Waals surface area (Å²) in [5.41, 5.74) is 1.89. The van der Waals surface area contributed by atoms with Crippen LogP contribution in [0.3, 0.4) is 0 Å². The first-order chi connectivity index (χ1) is 12.1. The Kier molecular flexibility index (Phi) is 4.45. The van der Waals surface area contributed by atoms with Crippen molar-refractivity contribution in [1.82, 2.24) is 9.88 Å². The first-order valence-electron chi connectivity index (χ1n) is 8.07. The lowest BCUT2D eigenvalue weighted by molar-refractivity contribution is -0.121. The number of hydrogen-bond acceptors (Lipinski definition) is 6. The van der Waals surface area contributed by atoms with Crippen LogP contribution in [0.15, 0.2) is 35.2 Å². The van der Waals surface area contributed by atoms with E-state index in [1.54, 1.807) is 7.05 Å². The Labute approximate surface area is 155 Å². The Balaban J connectivity index is 1.83. The number of aromatic nitrogens is 1. The number of thiocarbonyl (C=S) groups is 1. The van der Waals surface area contributed by atoms with Gasteiger partial charge in [-0.15, -0.1) is 0 Å². The molecular formula is C18H17N3O2S2. The van der Waals surface area contributed by atoms with Crippen LogP contribution in [0.25, 0.3) is 17.0 Å². The van der Waals surface area contributed by atoms with Crippen LogP contribution in [0, 0.1) is 0 Å². The van der Waals surface area contributed by atoms with Crippen molar-refractivity contribution < 1.29 is 9.53 Å². The van der Waals surface area contributed by atoms with Gasteiger partial charge in [0.1, 0.15) is 10.1 Å². The minimum atomic E-state index is -0.0592. The molecule has 2 saturated heterocycles. The standard InChI is InChI=1S/C18H17N3O2S2/c1-20-17(22)15(25-18(20)24)11-13-10-12-4-2-3-5-14(12)19-16(13)21-6-8-23-9-7-21/h2-5,10-11H,6-9H2,1H3/b15-11+. The van der Waals surface area contributed by atoms with Gasteiger partial charge in [-0.2, -0.15) is 0 Å². The summed E-state index contributed by atoms with van der Waals surface area (Å²) in [5, 5.41) is 1.05. The molecule has 2 aliphatic rings. The Morgan fingerprint density at radius 1 is 1.28 bits per heavy atom. The van der Waals surface area contributed by atoms with Gasteiger partial charge < -0.3 is 9.64 Å². The molecule has 2 fully saturated rings. The third-order valence-electron chi connectivity index (χ3n) is 4.32. The summed E-state index contributed by atoms with van der Waals surface area (Å²) in [7, 11) is 1.71. The molecular weight excluding hydrogens is 354 g/mol. The Morgan fingerprint density at radius 3 is 2.76 bits per heavy atom. The number of fused-ring (bicyclic) bond motifs is 1. The summed E-state index contributed by atoms with van der Waals surface area (Å²) in [6, 6.07) is 10.1. The zero-order valence-corrected chi connectivity index (χ0v) is 15.4. The number of anilines is 1. The number of para-hydroxylation sites is 1. The molecule has 0 bridgehead atoms. The molecule has 5 nitrogen and oxygen atoms in total. The second kappa shape index (κ2) is 6.74. The van der Waals surface area contributed by atoms with E-state index in [0.29, 0.717) is 22.4 Å². The average Bonchev–Trinajstić information content (AvgIpc) is 2.89. The highest BCUT2D eigenvalue weighted by Crippen LogP contribution is 2.34. The fourth-order valence-electron chi connectivity index (χ4n) is 2.94. The lowest BCUT2D eigenvalue weighted by Crippen LogP contribution is -2.37. The number of carbonyl (C=O) groups excluding carboxylic acids is 1. The highest BCUT2D eigenvalue weighted by atomic mass is 32.2. The van der Waals surface area contributed by atoms with Crippen molar-refractivity contribution in [3.8, 4) is 0 Å². The molecule has 25 heavy (non-hydrogen) atoms. The number of nitrogens with zero attached hydrogens (tertiary/aromatic N) is 3. The molecule has 0 saturated carbocycles. The van der Waals surface area contributed by atoms with Gasteiger partial charge in [-0.05, 0) is 18.2 Å². The van der Waals surface area contributed by atoms with Crippen molar-refractivity contribution >= 4 is 57.0 Å². The Morgan fingerprint density at radius 2 is 2.04 bits per heavy atom. The van der Waals surface area contributed by atoms with Crippen LogP contribution < -0.4 is 4.90 Å². The van der Waals surface area contributed by atoms with Gasteiger partial charge in [0.2, 0.25) is 0 Å². The molecule has 2 aromatic rings. The first kappa shape index (κ1) is 16.5. The molecule has 1 aromatic carbocycles. The molecule has 0 N–H and O–H groups in total. The van der Waals surface area contributed by atoms with E-state index < -0.39 is 0 Å². The normalized spacial score (nSPS) is 20.1. The summed E-state index contributed by atoms with van der Waals surface area (Å²) < 4.78 is 6.04. The van der Waals surface area contributed by atoms with Crippen LogP contribution in [-0.2, 0) is 9.53 Å². The Bertz CT molecular complexity index is 891. The summed E-state index contributed by atoms with van der Waals surface area (Å²) in [4.78, 5) is 21.6. The zero-order chi connectivity index (χ0) is 17.4. The molecule has 0 unspecified atom stereocenters. The van der Waals surface area contributed by atoms with Gasteiger partial charge in [0.25, 0.3) is 5.91 Å². The number of thioether (sulfide) groups is 1. The molecule has 1 aromatic heterocycles. The van der Waals surface area contributed by atoms with Crippen molar-refractivity contribution in [3.05, 3.63) is 40.8 Å². The van der Waals surface area contributed by atoms with E-state index in [2.05, 4.69) is 11.0 Å². The fourth-order valence-corrected chi connectivity index (χ4v) is 4.11. The molecule has 1 amide bonds. The van der Waals surface area contributed by atoms with E-state index in [4.69, 9.17) is 21.9 Å². The summed E-state index contributed by atoms with van der Waals surface area (Å²) >= 11 is 6.57. The monoisotopic (exact) mass is 371 g/mol. The average molecular weight is 371 g/mol. The van der Waals surface area contributed by atoms with Crippen LogP contribution in [0.2, 0.25) is 0 Å². The Hall–Kier alpha value is -1.96. The number of benzene rings is 1. The second-order valence-corrected chi connectivity index (χ2v) is 7.61. The molecule has 128 valence electrons. The highest BCUT2D eigenvalue weighted by Gasteiger charge is 2.29. The fraction of sp³-hybridized carbons (Fsp3) is 0.278.